The number of hydrogen-bond donors (Lipinski definition) is 0. The predicted octanol–water partition coefficient (Wildman–Crippen LogP) is 15.3. The zero-order valence-electron chi connectivity index (χ0n) is 30.2. The van der Waals surface area contributed by atoms with Gasteiger partial charge in [0.25, 0.3) is 0 Å². The van der Waals surface area contributed by atoms with Gasteiger partial charge in [-0.1, -0.05) is 115 Å². The summed E-state index contributed by atoms with van der Waals surface area (Å²) in [5.74, 6) is 0. The largest absolute Gasteiger partial charge is 0.455 e. The van der Waals surface area contributed by atoms with Crippen LogP contribution in [0.4, 0.5) is 17.1 Å². The van der Waals surface area contributed by atoms with Crippen LogP contribution >= 0.6 is 11.3 Å². The van der Waals surface area contributed by atoms with E-state index in [1.165, 1.54) is 47.4 Å². The minimum atomic E-state index is 0.895. The van der Waals surface area contributed by atoms with E-state index in [9.17, 15) is 0 Å². The fourth-order valence-corrected chi connectivity index (χ4v) is 10.1. The minimum Gasteiger partial charge on any atom is -0.455 e. The molecule has 0 spiro atoms. The van der Waals surface area contributed by atoms with E-state index in [1.54, 1.807) is 0 Å². The summed E-state index contributed by atoms with van der Waals surface area (Å²) in [4.78, 5) is 2.43. The van der Waals surface area contributed by atoms with E-state index >= 15 is 0 Å². The van der Waals surface area contributed by atoms with E-state index < -0.39 is 0 Å². The summed E-state index contributed by atoms with van der Waals surface area (Å²) in [5, 5.41) is 9.63. The predicted molar refractivity (Wildman–Crippen MR) is 239 cm³/mol. The quantitative estimate of drug-likeness (QED) is 0.176. The number of nitrogens with zero attached hydrogens (tertiary/aromatic N) is 2. The molecule has 9 aromatic carbocycles. The lowest BCUT2D eigenvalue weighted by Gasteiger charge is -2.27. The standard InChI is InChI=1S/C52H32N2OS/c1-2-15-39-33(12-1)26-31-43-50-38(19-10-23-47(50)55-52(39)43)34-13-9-14-37(32-34)53(46-22-11-25-49-51(46)42-18-5-8-24-48(42)56-49)35-27-29-36(30-28-35)54-44-20-6-3-16-40(44)41-17-4-7-21-45(41)54/h1-32H. The molecule has 3 nitrogen and oxygen atoms in total. The lowest BCUT2D eigenvalue weighted by molar-refractivity contribution is 0.673. The molecule has 0 saturated heterocycles. The van der Waals surface area contributed by atoms with E-state index in [0.717, 1.165) is 61.2 Å². The molecule has 0 unspecified atom stereocenters. The molecule has 0 atom stereocenters. The number of hydrogen-bond acceptors (Lipinski definition) is 3. The lowest BCUT2D eigenvalue weighted by atomic mass is 9.97. The maximum Gasteiger partial charge on any atom is 0.143 e. The van der Waals surface area contributed by atoms with Crippen molar-refractivity contribution in [3.05, 3.63) is 194 Å². The second-order valence-electron chi connectivity index (χ2n) is 14.5. The first-order valence-corrected chi connectivity index (χ1v) is 19.8. The fourth-order valence-electron chi connectivity index (χ4n) is 8.93. The van der Waals surface area contributed by atoms with Crippen molar-refractivity contribution in [2.75, 3.05) is 4.90 Å². The molecule has 4 heteroatoms. The molecular formula is C52H32N2OS. The molecule has 0 amide bonds. The summed E-state index contributed by atoms with van der Waals surface area (Å²) < 4.78 is 11.5. The van der Waals surface area contributed by atoms with Crippen LogP contribution in [0.1, 0.15) is 0 Å². The highest BCUT2D eigenvalue weighted by Gasteiger charge is 2.21. The molecule has 3 aromatic heterocycles. The van der Waals surface area contributed by atoms with Crippen molar-refractivity contribution in [3.63, 3.8) is 0 Å². The van der Waals surface area contributed by atoms with Crippen LogP contribution in [0.3, 0.4) is 0 Å². The van der Waals surface area contributed by atoms with Crippen LogP contribution in [0.15, 0.2) is 199 Å². The highest BCUT2D eigenvalue weighted by Crippen LogP contribution is 2.47. The average Bonchev–Trinajstić information content (AvgIpc) is 3.94. The first-order valence-electron chi connectivity index (χ1n) is 19.0. The van der Waals surface area contributed by atoms with Gasteiger partial charge in [0.15, 0.2) is 0 Å². The molecule has 0 N–H and O–H groups in total. The number of furan rings is 1. The Kier molecular flexibility index (Phi) is 6.80. The van der Waals surface area contributed by atoms with Gasteiger partial charge in [0, 0.05) is 64.2 Å². The van der Waals surface area contributed by atoms with Crippen molar-refractivity contribution in [3.8, 4) is 16.8 Å². The van der Waals surface area contributed by atoms with Gasteiger partial charge in [-0.05, 0) is 95.4 Å². The fraction of sp³-hybridized carbons (Fsp3) is 0. The van der Waals surface area contributed by atoms with Crippen LogP contribution in [0, 0.1) is 0 Å². The van der Waals surface area contributed by atoms with E-state index in [-0.39, 0.29) is 0 Å². The Morgan fingerprint density at radius 3 is 1.95 bits per heavy atom. The van der Waals surface area contributed by atoms with Crippen LogP contribution in [0.5, 0.6) is 0 Å². The number of benzene rings is 9. The van der Waals surface area contributed by atoms with Crippen LogP contribution in [-0.2, 0) is 0 Å². The summed E-state index contributed by atoms with van der Waals surface area (Å²) in [7, 11) is 0. The van der Waals surface area contributed by atoms with Gasteiger partial charge in [-0.25, -0.2) is 0 Å². The van der Waals surface area contributed by atoms with Crippen LogP contribution < -0.4 is 4.90 Å². The molecule has 0 aliphatic heterocycles. The van der Waals surface area contributed by atoms with Crippen molar-refractivity contribution >= 4 is 103 Å². The second-order valence-corrected chi connectivity index (χ2v) is 15.5. The Hall–Kier alpha value is -7.14. The molecule has 0 bridgehead atoms. The van der Waals surface area contributed by atoms with Gasteiger partial charge in [-0.15, -0.1) is 11.3 Å². The molecule has 262 valence electrons. The molecule has 56 heavy (non-hydrogen) atoms. The Morgan fingerprint density at radius 1 is 0.446 bits per heavy atom. The molecule has 12 aromatic rings. The van der Waals surface area contributed by atoms with Gasteiger partial charge < -0.3 is 13.9 Å². The van der Waals surface area contributed by atoms with Gasteiger partial charge in [0.1, 0.15) is 11.2 Å². The maximum absolute atomic E-state index is 6.61. The molecular weight excluding hydrogens is 701 g/mol. The summed E-state index contributed by atoms with van der Waals surface area (Å²) in [6, 6.07) is 70.2. The third-order valence-electron chi connectivity index (χ3n) is 11.4. The summed E-state index contributed by atoms with van der Waals surface area (Å²) in [6.07, 6.45) is 0. The number of anilines is 3. The third kappa shape index (κ3) is 4.63. The second kappa shape index (κ2) is 12.2. The van der Waals surface area contributed by atoms with Gasteiger partial charge in [-0.2, -0.15) is 0 Å². The SMILES string of the molecule is c1cc(-c2cccc3oc4c5ccccc5ccc4c23)cc(N(c2ccc(-n3c4ccccc4c4ccccc43)cc2)c2cccc3sc4ccccc4c23)c1. The molecule has 0 saturated carbocycles. The van der Waals surface area contributed by atoms with Crippen molar-refractivity contribution in [2.24, 2.45) is 0 Å². The normalized spacial score (nSPS) is 11.9. The van der Waals surface area contributed by atoms with E-state index in [1.807, 2.05) is 11.3 Å². The third-order valence-corrected chi connectivity index (χ3v) is 12.5. The highest BCUT2D eigenvalue weighted by atomic mass is 32.1. The molecule has 3 heterocycles. The Labute approximate surface area is 326 Å². The van der Waals surface area contributed by atoms with Crippen LogP contribution in [0.25, 0.3) is 91.5 Å². The Bertz CT molecular complexity index is 3440. The minimum absolute atomic E-state index is 0.895. The summed E-state index contributed by atoms with van der Waals surface area (Å²) in [6.45, 7) is 0. The topological polar surface area (TPSA) is 21.3 Å². The highest BCUT2D eigenvalue weighted by molar-refractivity contribution is 7.26. The number of aromatic nitrogens is 1. The number of fused-ring (bicyclic) bond motifs is 11. The number of rotatable bonds is 5. The zero-order chi connectivity index (χ0) is 36.7. The Balaban J connectivity index is 1.07. The van der Waals surface area contributed by atoms with Crippen molar-refractivity contribution in [1.82, 2.24) is 4.57 Å². The van der Waals surface area contributed by atoms with Gasteiger partial charge in [-0.3, -0.25) is 0 Å². The zero-order valence-corrected chi connectivity index (χ0v) is 31.0. The van der Waals surface area contributed by atoms with Crippen LogP contribution in [0.2, 0.25) is 0 Å². The monoisotopic (exact) mass is 732 g/mol. The molecule has 0 aliphatic rings. The first kappa shape index (κ1) is 31.2. The van der Waals surface area contributed by atoms with Crippen LogP contribution in [-0.4, -0.2) is 4.57 Å². The molecule has 0 fully saturated rings. The van der Waals surface area contributed by atoms with E-state index in [4.69, 9.17) is 4.42 Å². The van der Waals surface area contributed by atoms with E-state index in [0.29, 0.717) is 0 Å². The molecule has 0 radical (unpaired) electrons. The van der Waals surface area contributed by atoms with Crippen molar-refractivity contribution < 1.29 is 4.42 Å². The smallest absolute Gasteiger partial charge is 0.143 e. The molecule has 0 aliphatic carbocycles. The van der Waals surface area contributed by atoms with Gasteiger partial charge in [0.2, 0.25) is 0 Å². The summed E-state index contributed by atoms with van der Waals surface area (Å²) >= 11 is 1.85. The molecule has 12 rings (SSSR count). The first-order chi connectivity index (χ1) is 27.8. The maximum atomic E-state index is 6.61. The number of thiophene rings is 1. The average molecular weight is 733 g/mol. The Morgan fingerprint density at radius 2 is 1.12 bits per heavy atom. The van der Waals surface area contributed by atoms with E-state index in [2.05, 4.69) is 204 Å². The lowest BCUT2D eigenvalue weighted by Crippen LogP contribution is -2.10. The number of para-hydroxylation sites is 2. The van der Waals surface area contributed by atoms with Gasteiger partial charge in [0.05, 0.1) is 16.7 Å². The van der Waals surface area contributed by atoms with Crippen molar-refractivity contribution in [2.45, 2.75) is 0 Å². The van der Waals surface area contributed by atoms with Crippen molar-refractivity contribution in [1.29, 1.82) is 0 Å². The van der Waals surface area contributed by atoms with Gasteiger partial charge >= 0.3 is 0 Å². The summed E-state index contributed by atoms with van der Waals surface area (Å²) in [5.41, 5.74) is 11.0.